The van der Waals surface area contributed by atoms with E-state index in [0.717, 1.165) is 17.3 Å². The Kier molecular flexibility index (Phi) is 3.69. The van der Waals surface area contributed by atoms with Crippen LogP contribution >= 0.6 is 15.9 Å². The molecule has 3 N–H and O–H groups in total. The number of phenols is 1. The molecule has 0 bridgehead atoms. The fraction of sp³-hybridized carbons (Fsp3) is 0.417. The fourth-order valence-corrected chi connectivity index (χ4v) is 2.25. The number of aliphatic hydroxyl groups is 1. The first kappa shape index (κ1) is 12.4. The summed E-state index contributed by atoms with van der Waals surface area (Å²) >= 11 is 3.22. The average Bonchev–Trinajstić information content (AvgIpc) is 2.22. The van der Waals surface area contributed by atoms with Crippen LogP contribution in [0.3, 0.4) is 0 Å². The van der Waals surface area contributed by atoms with Gasteiger partial charge in [0.2, 0.25) is 0 Å². The Hall–Kier alpha value is -1.07. The number of halogens is 1. The highest BCUT2D eigenvalue weighted by atomic mass is 79.9. The van der Waals surface area contributed by atoms with Gasteiger partial charge in [0.15, 0.2) is 0 Å². The lowest BCUT2D eigenvalue weighted by Crippen LogP contribution is -2.38. The second kappa shape index (κ2) is 5.06. The number of aliphatic hydroxyl groups excluding tert-OH is 1. The lowest BCUT2D eigenvalue weighted by molar-refractivity contribution is 0.0420. The predicted octanol–water partition coefficient (Wildman–Crippen LogP) is 1.66. The van der Waals surface area contributed by atoms with Gasteiger partial charge in [-0.25, -0.2) is 0 Å². The van der Waals surface area contributed by atoms with Crippen LogP contribution in [0, 0.1) is 5.92 Å². The van der Waals surface area contributed by atoms with Gasteiger partial charge in [-0.15, -0.1) is 0 Å². The molecule has 1 amide bonds. The van der Waals surface area contributed by atoms with E-state index in [4.69, 9.17) is 5.11 Å². The van der Waals surface area contributed by atoms with Crippen LogP contribution in [0.15, 0.2) is 22.7 Å². The van der Waals surface area contributed by atoms with Crippen LogP contribution in [0.25, 0.3) is 0 Å². The van der Waals surface area contributed by atoms with Crippen molar-refractivity contribution in [3.63, 3.8) is 0 Å². The van der Waals surface area contributed by atoms with E-state index < -0.39 is 0 Å². The van der Waals surface area contributed by atoms with Gasteiger partial charge in [-0.1, -0.05) is 15.9 Å². The van der Waals surface area contributed by atoms with E-state index in [9.17, 15) is 9.90 Å². The monoisotopic (exact) mass is 299 g/mol. The summed E-state index contributed by atoms with van der Waals surface area (Å²) in [7, 11) is 0. The first-order valence-electron chi connectivity index (χ1n) is 5.51. The lowest BCUT2D eigenvalue weighted by Gasteiger charge is -2.31. The number of benzene rings is 1. The molecule has 1 aromatic carbocycles. The molecule has 0 unspecified atom stereocenters. The van der Waals surface area contributed by atoms with Crippen molar-refractivity contribution in [3.8, 4) is 5.75 Å². The van der Waals surface area contributed by atoms with E-state index in [2.05, 4.69) is 21.2 Å². The molecule has 17 heavy (non-hydrogen) atoms. The van der Waals surface area contributed by atoms with Gasteiger partial charge in [-0.05, 0) is 37.0 Å². The number of rotatable bonds is 3. The third kappa shape index (κ3) is 2.98. The maximum Gasteiger partial charge on any atom is 0.255 e. The summed E-state index contributed by atoms with van der Waals surface area (Å²) in [6, 6.07) is 4.77. The number of carbonyl (C=O) groups is 1. The molecule has 1 aromatic rings. The summed E-state index contributed by atoms with van der Waals surface area (Å²) < 4.78 is 0.730. The molecule has 0 spiro atoms. The highest BCUT2D eigenvalue weighted by Crippen LogP contribution is 2.26. The van der Waals surface area contributed by atoms with Crippen LogP contribution < -0.4 is 5.32 Å². The number of hydrogen-bond acceptors (Lipinski definition) is 3. The van der Waals surface area contributed by atoms with Crippen molar-refractivity contribution in [2.75, 3.05) is 6.54 Å². The van der Waals surface area contributed by atoms with Crippen LogP contribution in [-0.2, 0) is 0 Å². The Bertz CT molecular complexity index is 430. The molecular formula is C12H14BrNO3. The number of hydrogen-bond donors (Lipinski definition) is 3. The normalized spacial score (nSPS) is 22.9. The zero-order valence-corrected chi connectivity index (χ0v) is 10.8. The predicted molar refractivity (Wildman–Crippen MR) is 66.9 cm³/mol. The fourth-order valence-electron chi connectivity index (χ4n) is 1.90. The first-order chi connectivity index (χ1) is 8.06. The van der Waals surface area contributed by atoms with E-state index in [1.165, 1.54) is 6.07 Å². The van der Waals surface area contributed by atoms with Crippen molar-refractivity contribution >= 4 is 21.8 Å². The Balaban J connectivity index is 1.91. The molecule has 1 saturated carbocycles. The van der Waals surface area contributed by atoms with Crippen LogP contribution in [0.1, 0.15) is 23.2 Å². The second-order valence-electron chi connectivity index (χ2n) is 4.36. The van der Waals surface area contributed by atoms with Gasteiger partial charge in [0.05, 0.1) is 11.7 Å². The third-order valence-corrected chi connectivity index (χ3v) is 3.46. The maximum atomic E-state index is 11.8. The highest BCUT2D eigenvalue weighted by molar-refractivity contribution is 9.10. The third-order valence-electron chi connectivity index (χ3n) is 2.97. The summed E-state index contributed by atoms with van der Waals surface area (Å²) in [6.45, 7) is 0.547. The minimum Gasteiger partial charge on any atom is -0.507 e. The van der Waals surface area contributed by atoms with Crippen molar-refractivity contribution in [2.24, 2.45) is 5.92 Å². The zero-order valence-electron chi connectivity index (χ0n) is 9.19. The van der Waals surface area contributed by atoms with Gasteiger partial charge in [0.25, 0.3) is 5.91 Å². The van der Waals surface area contributed by atoms with Gasteiger partial charge in [0.1, 0.15) is 5.75 Å². The molecule has 1 aliphatic rings. The van der Waals surface area contributed by atoms with Gasteiger partial charge in [-0.3, -0.25) is 4.79 Å². The van der Waals surface area contributed by atoms with Gasteiger partial charge in [0, 0.05) is 11.0 Å². The van der Waals surface area contributed by atoms with Crippen molar-refractivity contribution in [1.29, 1.82) is 0 Å². The number of carbonyl (C=O) groups excluding carboxylic acids is 1. The van der Waals surface area contributed by atoms with Crippen LogP contribution in [-0.4, -0.2) is 28.8 Å². The quantitative estimate of drug-likeness (QED) is 0.795. The summed E-state index contributed by atoms with van der Waals surface area (Å²) in [4.78, 5) is 11.8. The number of amides is 1. The minimum absolute atomic E-state index is 0.0366. The molecule has 0 heterocycles. The molecule has 1 fully saturated rings. The summed E-state index contributed by atoms with van der Waals surface area (Å²) in [5, 5.41) is 21.5. The zero-order chi connectivity index (χ0) is 12.4. The summed E-state index contributed by atoms with van der Waals surface area (Å²) in [5.74, 6) is 0.0356. The van der Waals surface area contributed by atoms with Crippen molar-refractivity contribution in [1.82, 2.24) is 5.32 Å². The molecule has 0 aromatic heterocycles. The summed E-state index contributed by atoms with van der Waals surface area (Å²) in [5.41, 5.74) is 0.271. The van der Waals surface area contributed by atoms with E-state index in [1.807, 2.05) is 0 Å². The smallest absolute Gasteiger partial charge is 0.255 e. The van der Waals surface area contributed by atoms with E-state index in [1.54, 1.807) is 12.1 Å². The first-order valence-corrected chi connectivity index (χ1v) is 6.30. The molecule has 0 aliphatic heterocycles. The maximum absolute atomic E-state index is 11.8. The topological polar surface area (TPSA) is 69.6 Å². The molecular weight excluding hydrogens is 286 g/mol. The van der Waals surface area contributed by atoms with Crippen LogP contribution in [0.2, 0.25) is 0 Å². The number of nitrogens with one attached hydrogen (secondary N) is 1. The van der Waals surface area contributed by atoms with E-state index >= 15 is 0 Å². The van der Waals surface area contributed by atoms with Gasteiger partial charge >= 0.3 is 0 Å². The van der Waals surface area contributed by atoms with Crippen molar-refractivity contribution in [3.05, 3.63) is 28.2 Å². The Morgan fingerprint density at radius 2 is 2.18 bits per heavy atom. The molecule has 2 rings (SSSR count). The van der Waals surface area contributed by atoms with Crippen molar-refractivity contribution in [2.45, 2.75) is 18.9 Å². The molecule has 0 radical (unpaired) electrons. The lowest BCUT2D eigenvalue weighted by atomic mass is 9.82. The van der Waals surface area contributed by atoms with E-state index in [0.29, 0.717) is 12.5 Å². The SMILES string of the molecule is O=C(NCC1CC(O)C1)c1ccc(Br)cc1O. The molecule has 92 valence electrons. The van der Waals surface area contributed by atoms with Crippen molar-refractivity contribution < 1.29 is 15.0 Å². The van der Waals surface area contributed by atoms with E-state index in [-0.39, 0.29) is 23.3 Å². The summed E-state index contributed by atoms with van der Waals surface area (Å²) in [6.07, 6.45) is 1.28. The molecule has 0 atom stereocenters. The average molecular weight is 300 g/mol. The Morgan fingerprint density at radius 3 is 2.76 bits per heavy atom. The number of aromatic hydroxyl groups is 1. The number of phenolic OH excluding ortho intramolecular Hbond substituents is 1. The largest absolute Gasteiger partial charge is 0.507 e. The standard InChI is InChI=1S/C12H14BrNO3/c13-8-1-2-10(11(16)5-8)12(17)14-6-7-3-9(15)4-7/h1-2,5,7,9,15-16H,3-4,6H2,(H,14,17). The van der Waals surface area contributed by atoms with Gasteiger partial charge in [-0.2, -0.15) is 0 Å². The molecule has 4 nitrogen and oxygen atoms in total. The Morgan fingerprint density at radius 1 is 1.47 bits per heavy atom. The second-order valence-corrected chi connectivity index (χ2v) is 5.28. The Labute approximate surface area is 108 Å². The molecule has 5 heteroatoms. The molecule has 0 saturated heterocycles. The van der Waals surface area contributed by atoms with Crippen LogP contribution in [0.4, 0.5) is 0 Å². The molecule has 1 aliphatic carbocycles. The van der Waals surface area contributed by atoms with Crippen LogP contribution in [0.5, 0.6) is 5.75 Å². The highest BCUT2D eigenvalue weighted by Gasteiger charge is 2.27. The van der Waals surface area contributed by atoms with Gasteiger partial charge < -0.3 is 15.5 Å². The minimum atomic E-state index is -0.281.